The van der Waals surface area contributed by atoms with Gasteiger partial charge in [-0.25, -0.2) is 0 Å². The Bertz CT molecular complexity index is 690. The Morgan fingerprint density at radius 1 is 0.957 bits per heavy atom. The SMILES string of the molecule is O=C(COc1ccc(Br)cc1)NCC(=O)Nc1ccccc1Br. The van der Waals surface area contributed by atoms with Gasteiger partial charge in [-0.2, -0.15) is 0 Å². The lowest BCUT2D eigenvalue weighted by Gasteiger charge is -2.09. The van der Waals surface area contributed by atoms with Gasteiger partial charge >= 0.3 is 0 Å². The molecule has 0 radical (unpaired) electrons. The standard InChI is InChI=1S/C16H14Br2N2O3/c17-11-5-7-12(8-6-11)23-10-16(22)19-9-15(21)20-14-4-2-1-3-13(14)18/h1-8H,9-10H2,(H,19,22)(H,20,21). The number of anilines is 1. The van der Waals surface area contributed by atoms with E-state index in [0.717, 1.165) is 8.95 Å². The van der Waals surface area contributed by atoms with Crippen LogP contribution < -0.4 is 15.4 Å². The minimum Gasteiger partial charge on any atom is -0.484 e. The summed E-state index contributed by atoms with van der Waals surface area (Å²) in [6.45, 7) is -0.270. The third-order valence-electron chi connectivity index (χ3n) is 2.78. The van der Waals surface area contributed by atoms with Crippen molar-refractivity contribution in [3.63, 3.8) is 0 Å². The van der Waals surface area contributed by atoms with Crippen LogP contribution in [0.5, 0.6) is 5.75 Å². The van der Waals surface area contributed by atoms with E-state index in [9.17, 15) is 9.59 Å². The molecule has 0 fully saturated rings. The van der Waals surface area contributed by atoms with Crippen LogP contribution in [-0.2, 0) is 9.59 Å². The number of halogens is 2. The number of carbonyl (C=O) groups excluding carboxylic acids is 2. The first-order chi connectivity index (χ1) is 11.0. The molecule has 2 aromatic carbocycles. The van der Waals surface area contributed by atoms with Gasteiger partial charge in [-0.3, -0.25) is 9.59 Å². The number of amides is 2. The zero-order chi connectivity index (χ0) is 16.7. The predicted octanol–water partition coefficient (Wildman–Crippen LogP) is 3.35. The molecule has 0 aliphatic carbocycles. The Hall–Kier alpha value is -1.86. The monoisotopic (exact) mass is 440 g/mol. The van der Waals surface area contributed by atoms with E-state index >= 15 is 0 Å². The Labute approximate surface area is 150 Å². The highest BCUT2D eigenvalue weighted by Gasteiger charge is 2.08. The van der Waals surface area contributed by atoms with Gasteiger partial charge in [0.15, 0.2) is 6.61 Å². The van der Waals surface area contributed by atoms with Gasteiger partial charge in [-0.05, 0) is 52.3 Å². The molecule has 7 heteroatoms. The van der Waals surface area contributed by atoms with Gasteiger partial charge in [0.25, 0.3) is 5.91 Å². The van der Waals surface area contributed by atoms with Crippen molar-refractivity contribution < 1.29 is 14.3 Å². The molecule has 120 valence electrons. The highest BCUT2D eigenvalue weighted by molar-refractivity contribution is 9.10. The molecule has 0 heterocycles. The molecule has 0 aliphatic rings. The van der Waals surface area contributed by atoms with E-state index in [4.69, 9.17) is 4.74 Å². The molecule has 0 aromatic heterocycles. The minimum atomic E-state index is -0.366. The van der Waals surface area contributed by atoms with E-state index < -0.39 is 0 Å². The fourth-order valence-electron chi connectivity index (χ4n) is 1.67. The average molecular weight is 442 g/mol. The zero-order valence-corrected chi connectivity index (χ0v) is 15.2. The van der Waals surface area contributed by atoms with E-state index in [2.05, 4.69) is 42.5 Å². The molecule has 0 spiro atoms. The summed E-state index contributed by atoms with van der Waals surface area (Å²) in [7, 11) is 0. The van der Waals surface area contributed by atoms with Crippen molar-refractivity contribution in [3.05, 3.63) is 57.5 Å². The van der Waals surface area contributed by atoms with Crippen LogP contribution >= 0.6 is 31.9 Å². The summed E-state index contributed by atoms with van der Waals surface area (Å²) < 4.78 is 7.03. The Kier molecular flexibility index (Phi) is 6.61. The molecule has 5 nitrogen and oxygen atoms in total. The fraction of sp³-hybridized carbons (Fsp3) is 0.125. The second kappa shape index (κ2) is 8.69. The summed E-state index contributed by atoms with van der Waals surface area (Å²) in [5, 5.41) is 5.20. The summed E-state index contributed by atoms with van der Waals surface area (Å²) in [6.07, 6.45) is 0. The van der Waals surface area contributed by atoms with Crippen molar-refractivity contribution in [3.8, 4) is 5.75 Å². The van der Waals surface area contributed by atoms with Gasteiger partial charge in [-0.15, -0.1) is 0 Å². The third kappa shape index (κ3) is 6.03. The average Bonchev–Trinajstić information content (AvgIpc) is 2.54. The molecule has 2 amide bonds. The molecule has 0 saturated carbocycles. The van der Waals surface area contributed by atoms with Gasteiger partial charge in [-0.1, -0.05) is 28.1 Å². The van der Waals surface area contributed by atoms with Crippen LogP contribution in [0.4, 0.5) is 5.69 Å². The Balaban J connectivity index is 1.72. The smallest absolute Gasteiger partial charge is 0.258 e. The van der Waals surface area contributed by atoms with E-state index in [-0.39, 0.29) is 25.0 Å². The van der Waals surface area contributed by atoms with Crippen LogP contribution in [0.1, 0.15) is 0 Å². The first-order valence-corrected chi connectivity index (χ1v) is 8.32. The first kappa shape index (κ1) is 17.5. The van der Waals surface area contributed by atoms with Crippen molar-refractivity contribution in [2.45, 2.75) is 0 Å². The second-order valence-electron chi connectivity index (χ2n) is 4.55. The highest BCUT2D eigenvalue weighted by atomic mass is 79.9. The first-order valence-electron chi connectivity index (χ1n) is 6.74. The van der Waals surface area contributed by atoms with E-state index in [1.54, 1.807) is 18.2 Å². The van der Waals surface area contributed by atoms with Crippen LogP contribution in [0.2, 0.25) is 0 Å². The molecule has 0 aliphatic heterocycles. The van der Waals surface area contributed by atoms with Gasteiger partial charge in [0, 0.05) is 8.95 Å². The number of benzene rings is 2. The number of rotatable bonds is 6. The molecule has 0 unspecified atom stereocenters. The summed E-state index contributed by atoms with van der Waals surface area (Å²) >= 11 is 6.65. The maximum atomic E-state index is 11.8. The molecule has 0 saturated heterocycles. The molecule has 2 aromatic rings. The van der Waals surface area contributed by atoms with Crippen molar-refractivity contribution in [1.82, 2.24) is 5.32 Å². The highest BCUT2D eigenvalue weighted by Crippen LogP contribution is 2.20. The van der Waals surface area contributed by atoms with Gasteiger partial charge in [0.2, 0.25) is 5.91 Å². The quantitative estimate of drug-likeness (QED) is 0.722. The molecule has 0 atom stereocenters. The number of hydrogen-bond acceptors (Lipinski definition) is 3. The maximum absolute atomic E-state index is 11.8. The molecule has 2 N–H and O–H groups in total. The van der Waals surface area contributed by atoms with Crippen molar-refractivity contribution in [2.75, 3.05) is 18.5 Å². The van der Waals surface area contributed by atoms with Crippen LogP contribution in [0, 0.1) is 0 Å². The number of para-hydroxylation sites is 1. The fourth-order valence-corrected chi connectivity index (χ4v) is 2.31. The van der Waals surface area contributed by atoms with E-state index in [1.807, 2.05) is 30.3 Å². The van der Waals surface area contributed by atoms with Crippen LogP contribution in [0.15, 0.2) is 57.5 Å². The van der Waals surface area contributed by atoms with Gasteiger partial charge < -0.3 is 15.4 Å². The van der Waals surface area contributed by atoms with E-state index in [1.165, 1.54) is 0 Å². The van der Waals surface area contributed by atoms with Gasteiger partial charge in [0.05, 0.1) is 12.2 Å². The van der Waals surface area contributed by atoms with Gasteiger partial charge in [0.1, 0.15) is 5.75 Å². The topological polar surface area (TPSA) is 67.4 Å². The second-order valence-corrected chi connectivity index (χ2v) is 6.32. The summed E-state index contributed by atoms with van der Waals surface area (Å²) in [4.78, 5) is 23.5. The number of ether oxygens (including phenoxy) is 1. The molecular weight excluding hydrogens is 428 g/mol. The minimum absolute atomic E-state index is 0.121. The summed E-state index contributed by atoms with van der Waals surface area (Å²) in [5.41, 5.74) is 0.651. The van der Waals surface area contributed by atoms with Crippen LogP contribution in [0.3, 0.4) is 0 Å². The Morgan fingerprint density at radius 2 is 1.65 bits per heavy atom. The normalized spacial score (nSPS) is 10.0. The van der Waals surface area contributed by atoms with E-state index in [0.29, 0.717) is 11.4 Å². The lowest BCUT2D eigenvalue weighted by Crippen LogP contribution is -2.35. The third-order valence-corrected chi connectivity index (χ3v) is 4.00. The molecule has 2 rings (SSSR count). The predicted molar refractivity (Wildman–Crippen MR) is 95.4 cm³/mol. The van der Waals surface area contributed by atoms with Crippen LogP contribution in [-0.4, -0.2) is 25.0 Å². The summed E-state index contributed by atoms with van der Waals surface area (Å²) in [5.74, 6) is -0.0925. The maximum Gasteiger partial charge on any atom is 0.258 e. The summed E-state index contributed by atoms with van der Waals surface area (Å²) in [6, 6.07) is 14.4. The van der Waals surface area contributed by atoms with Crippen molar-refractivity contribution in [2.24, 2.45) is 0 Å². The largest absolute Gasteiger partial charge is 0.484 e. The number of nitrogens with one attached hydrogen (secondary N) is 2. The van der Waals surface area contributed by atoms with Crippen molar-refractivity contribution >= 4 is 49.4 Å². The lowest BCUT2D eigenvalue weighted by atomic mass is 10.3. The number of hydrogen-bond donors (Lipinski definition) is 2. The zero-order valence-electron chi connectivity index (χ0n) is 12.0. The lowest BCUT2D eigenvalue weighted by molar-refractivity contribution is -0.125. The molecule has 0 bridgehead atoms. The van der Waals surface area contributed by atoms with Crippen LogP contribution in [0.25, 0.3) is 0 Å². The molecule has 23 heavy (non-hydrogen) atoms. The van der Waals surface area contributed by atoms with Crippen molar-refractivity contribution in [1.29, 1.82) is 0 Å². The Morgan fingerprint density at radius 3 is 2.35 bits per heavy atom. The molecular formula is C16H14Br2N2O3. The number of carbonyl (C=O) groups is 2.